The zero-order valence-electron chi connectivity index (χ0n) is 21.2. The number of hydrogen-bond donors (Lipinski definition) is 8. The van der Waals surface area contributed by atoms with Crippen LogP contribution in [0.1, 0.15) is 42.5 Å². The summed E-state index contributed by atoms with van der Waals surface area (Å²) >= 11 is 0. The van der Waals surface area contributed by atoms with Crippen LogP contribution in [0.15, 0.2) is 29.1 Å². The fraction of sp³-hybridized carbons (Fsp3) is 0.375. The Hall–Kier alpha value is -5.15. The lowest BCUT2D eigenvalue weighted by Gasteiger charge is -2.36. The molecule has 0 saturated carbocycles. The molecule has 2 amide bonds. The number of hydrogen-bond acceptors (Lipinski definition) is 10. The van der Waals surface area contributed by atoms with E-state index in [4.69, 9.17) is 15.9 Å². The van der Waals surface area contributed by atoms with Crippen LogP contribution in [0.2, 0.25) is 0 Å². The number of amides is 2. The molecule has 1 aliphatic heterocycles. The number of H-pyrrole nitrogens is 1. The number of aliphatic carboxylic acids is 3. The molecule has 1 aromatic heterocycles. The number of carbonyl (C=O) groups excluding carboxylic acids is 2. The van der Waals surface area contributed by atoms with Crippen LogP contribution in [-0.4, -0.2) is 80.2 Å². The van der Waals surface area contributed by atoms with Crippen molar-refractivity contribution in [2.75, 3.05) is 34.4 Å². The van der Waals surface area contributed by atoms with Crippen LogP contribution in [0, 0.1) is 0 Å². The van der Waals surface area contributed by atoms with Crippen LogP contribution in [0.5, 0.6) is 0 Å². The minimum Gasteiger partial charge on any atom is -0.481 e. The summed E-state index contributed by atoms with van der Waals surface area (Å²) in [6.45, 7) is 0.358. The zero-order valence-corrected chi connectivity index (χ0v) is 21.2. The molecule has 2 aromatic rings. The highest BCUT2D eigenvalue weighted by Crippen LogP contribution is 2.28. The van der Waals surface area contributed by atoms with Crippen LogP contribution in [0.25, 0.3) is 0 Å². The second-order valence-electron chi connectivity index (χ2n) is 8.95. The molecular weight excluding hydrogens is 530 g/mol. The van der Waals surface area contributed by atoms with Gasteiger partial charge in [-0.3, -0.25) is 33.9 Å². The van der Waals surface area contributed by atoms with E-state index >= 15 is 0 Å². The second kappa shape index (κ2) is 13.1. The molecule has 0 spiro atoms. The molecule has 2 atom stereocenters. The van der Waals surface area contributed by atoms with Gasteiger partial charge in [0.2, 0.25) is 11.9 Å². The molecule has 0 saturated heterocycles. The van der Waals surface area contributed by atoms with E-state index in [2.05, 4.69) is 25.9 Å². The Bertz CT molecular complexity index is 1340. The Morgan fingerprint density at radius 3 is 2.35 bits per heavy atom. The molecule has 0 radical (unpaired) electrons. The van der Waals surface area contributed by atoms with Crippen molar-refractivity contribution in [3.8, 4) is 0 Å². The van der Waals surface area contributed by atoms with Crippen LogP contribution in [-0.2, 0) is 19.2 Å². The molecule has 2 heterocycles. The number of aromatic nitrogens is 2. The van der Waals surface area contributed by atoms with Crippen LogP contribution >= 0.6 is 0 Å². The van der Waals surface area contributed by atoms with E-state index < -0.39 is 53.8 Å². The number of carboxylic acid groups (broad SMARTS) is 3. The van der Waals surface area contributed by atoms with Gasteiger partial charge in [0.1, 0.15) is 6.04 Å². The fourth-order valence-corrected chi connectivity index (χ4v) is 4.06. The SMILES string of the molecule is Nc1nc2c(c(=O)[nH]1)N(C(=O)CCCC(=O)O)C(CNc1ccc(C(=O)NC(CCC(=O)O)C(=O)O)cc1)CN2. The van der Waals surface area contributed by atoms with Crippen LogP contribution in [0.3, 0.4) is 0 Å². The fourth-order valence-electron chi connectivity index (χ4n) is 4.06. The first-order chi connectivity index (χ1) is 19.0. The van der Waals surface area contributed by atoms with Gasteiger partial charge in [-0.05, 0) is 37.1 Å². The summed E-state index contributed by atoms with van der Waals surface area (Å²) in [7, 11) is 0. The molecular formula is C24H29N7O9. The molecule has 16 nitrogen and oxygen atoms in total. The van der Waals surface area contributed by atoms with Crippen molar-refractivity contribution in [3.63, 3.8) is 0 Å². The van der Waals surface area contributed by atoms with E-state index in [0.29, 0.717) is 5.69 Å². The number of nitrogens with two attached hydrogens (primary N) is 1. The van der Waals surface area contributed by atoms with Gasteiger partial charge in [0.05, 0.1) is 6.04 Å². The van der Waals surface area contributed by atoms with E-state index in [0.717, 1.165) is 0 Å². The Labute approximate surface area is 226 Å². The van der Waals surface area contributed by atoms with Crippen molar-refractivity contribution < 1.29 is 39.3 Å². The maximum atomic E-state index is 13.1. The Morgan fingerprint density at radius 1 is 1.05 bits per heavy atom. The average Bonchev–Trinajstić information content (AvgIpc) is 2.89. The zero-order chi connectivity index (χ0) is 29.4. The molecule has 9 N–H and O–H groups in total. The quantitative estimate of drug-likeness (QED) is 0.160. The molecule has 40 heavy (non-hydrogen) atoms. The lowest BCUT2D eigenvalue weighted by atomic mass is 10.1. The molecule has 0 aliphatic carbocycles. The predicted molar refractivity (Wildman–Crippen MR) is 141 cm³/mol. The maximum Gasteiger partial charge on any atom is 0.326 e. The third-order valence-corrected chi connectivity index (χ3v) is 6.01. The summed E-state index contributed by atoms with van der Waals surface area (Å²) in [5, 5.41) is 35.3. The van der Waals surface area contributed by atoms with Gasteiger partial charge in [-0.1, -0.05) is 0 Å². The molecule has 0 bridgehead atoms. The third-order valence-electron chi connectivity index (χ3n) is 6.01. The highest BCUT2D eigenvalue weighted by atomic mass is 16.4. The minimum absolute atomic E-state index is 0.0320. The Balaban J connectivity index is 1.70. The normalized spacial score (nSPS) is 14.8. The van der Waals surface area contributed by atoms with Crippen molar-refractivity contribution in [3.05, 3.63) is 40.2 Å². The van der Waals surface area contributed by atoms with E-state index in [1.807, 2.05) is 0 Å². The summed E-state index contributed by atoms with van der Waals surface area (Å²) < 4.78 is 0. The first-order valence-electron chi connectivity index (χ1n) is 12.2. The lowest BCUT2D eigenvalue weighted by Crippen LogP contribution is -2.53. The van der Waals surface area contributed by atoms with E-state index in [9.17, 15) is 33.9 Å². The Morgan fingerprint density at radius 2 is 1.73 bits per heavy atom. The maximum absolute atomic E-state index is 13.1. The number of nitrogen functional groups attached to an aromatic ring is 1. The number of carboxylic acids is 3. The number of aromatic amines is 1. The summed E-state index contributed by atoms with van der Waals surface area (Å²) in [4.78, 5) is 78.8. The molecule has 1 aromatic carbocycles. The van der Waals surface area contributed by atoms with Gasteiger partial charge in [0.25, 0.3) is 11.5 Å². The standard InChI is InChI=1S/C24H29N7O9/c25-24-29-20-19(22(38)30-24)31(16(32)2-1-3-17(33)34)14(11-27-20)10-26-13-6-4-12(5-7-13)21(37)28-15(23(39)40)8-9-18(35)36/h4-7,14-15,26H,1-3,8-11H2,(H,28,37)(H,33,34)(H,35,36)(H,39,40)(H4,25,27,29,30,38). The van der Waals surface area contributed by atoms with E-state index in [1.54, 1.807) is 12.1 Å². The van der Waals surface area contributed by atoms with Gasteiger partial charge >= 0.3 is 17.9 Å². The summed E-state index contributed by atoms with van der Waals surface area (Å²) in [5.74, 6) is -4.74. The van der Waals surface area contributed by atoms with Crippen LogP contribution in [0.4, 0.5) is 23.1 Å². The lowest BCUT2D eigenvalue weighted by molar-refractivity contribution is -0.141. The summed E-state index contributed by atoms with van der Waals surface area (Å²) in [5.41, 5.74) is 5.64. The first kappa shape index (κ1) is 29.4. The number of benzene rings is 1. The van der Waals surface area contributed by atoms with Crippen molar-refractivity contribution in [1.82, 2.24) is 15.3 Å². The highest BCUT2D eigenvalue weighted by Gasteiger charge is 2.34. The highest BCUT2D eigenvalue weighted by molar-refractivity contribution is 5.98. The van der Waals surface area contributed by atoms with Gasteiger partial charge in [0.15, 0.2) is 11.5 Å². The number of rotatable bonds is 13. The average molecular weight is 560 g/mol. The number of anilines is 4. The molecule has 2 unspecified atom stereocenters. The minimum atomic E-state index is -1.37. The number of nitrogens with one attached hydrogen (secondary N) is 4. The van der Waals surface area contributed by atoms with Crippen molar-refractivity contribution in [2.24, 2.45) is 0 Å². The molecule has 16 heteroatoms. The topological polar surface area (TPSA) is 257 Å². The third kappa shape index (κ3) is 7.68. The van der Waals surface area contributed by atoms with Gasteiger partial charge < -0.3 is 37.0 Å². The number of fused-ring (bicyclic) bond motifs is 1. The molecule has 3 rings (SSSR count). The smallest absolute Gasteiger partial charge is 0.326 e. The van der Waals surface area contributed by atoms with Crippen LogP contribution < -0.4 is 32.1 Å². The largest absolute Gasteiger partial charge is 0.481 e. The van der Waals surface area contributed by atoms with Crippen molar-refractivity contribution in [1.29, 1.82) is 0 Å². The first-order valence-corrected chi connectivity index (χ1v) is 12.2. The van der Waals surface area contributed by atoms with Crippen molar-refractivity contribution in [2.45, 2.75) is 44.2 Å². The molecule has 0 fully saturated rings. The predicted octanol–water partition coefficient (Wildman–Crippen LogP) is -0.106. The summed E-state index contributed by atoms with van der Waals surface area (Å²) in [6.07, 6.45) is -0.938. The van der Waals surface area contributed by atoms with E-state index in [1.165, 1.54) is 17.0 Å². The Kier molecular flexibility index (Phi) is 9.61. The van der Waals surface area contributed by atoms with E-state index in [-0.39, 0.29) is 61.8 Å². The van der Waals surface area contributed by atoms with Gasteiger partial charge in [-0.2, -0.15) is 4.98 Å². The number of carbonyl (C=O) groups is 5. The number of nitrogens with zero attached hydrogens (tertiary/aromatic N) is 2. The van der Waals surface area contributed by atoms with Gasteiger partial charge in [0, 0.05) is 43.6 Å². The second-order valence-corrected chi connectivity index (χ2v) is 8.95. The van der Waals surface area contributed by atoms with Gasteiger partial charge in [-0.15, -0.1) is 0 Å². The molecule has 1 aliphatic rings. The molecule has 214 valence electrons. The summed E-state index contributed by atoms with van der Waals surface area (Å²) in [6, 6.07) is 4.04. The van der Waals surface area contributed by atoms with Crippen molar-refractivity contribution >= 4 is 52.9 Å². The van der Waals surface area contributed by atoms with Gasteiger partial charge in [-0.25, -0.2) is 4.79 Å². The monoisotopic (exact) mass is 559 g/mol.